The molecular formula is C16H19ClF3NO2. The maximum absolute atomic E-state index is 12.9. The Morgan fingerprint density at radius 3 is 2.48 bits per heavy atom. The van der Waals surface area contributed by atoms with Crippen LogP contribution in [0.5, 0.6) is 0 Å². The van der Waals surface area contributed by atoms with Gasteiger partial charge in [0.1, 0.15) is 5.60 Å². The summed E-state index contributed by atoms with van der Waals surface area (Å²) in [4.78, 5) is 13.5. The van der Waals surface area contributed by atoms with E-state index in [1.54, 1.807) is 20.8 Å². The van der Waals surface area contributed by atoms with Crippen LogP contribution in [0.15, 0.2) is 18.2 Å². The lowest BCUT2D eigenvalue weighted by Gasteiger charge is -2.24. The molecule has 0 aliphatic carbocycles. The number of hydrogen-bond acceptors (Lipinski definition) is 2. The van der Waals surface area contributed by atoms with Gasteiger partial charge in [0.15, 0.2) is 0 Å². The zero-order valence-corrected chi connectivity index (χ0v) is 14.0. The lowest BCUT2D eigenvalue weighted by Crippen LogP contribution is -2.35. The Kier molecular flexibility index (Phi) is 4.85. The third kappa shape index (κ3) is 4.77. The van der Waals surface area contributed by atoms with Crippen LogP contribution in [0.3, 0.4) is 0 Å². The van der Waals surface area contributed by atoms with Crippen LogP contribution >= 0.6 is 11.6 Å². The molecule has 1 aliphatic rings. The minimum atomic E-state index is -4.44. The van der Waals surface area contributed by atoms with Crippen LogP contribution in [0, 0.1) is 0 Å². The predicted octanol–water partition coefficient (Wildman–Crippen LogP) is 5.08. The van der Waals surface area contributed by atoms with E-state index in [-0.39, 0.29) is 10.9 Å². The molecule has 1 aliphatic heterocycles. The molecule has 0 bridgehead atoms. The molecule has 1 heterocycles. The largest absolute Gasteiger partial charge is 0.444 e. The number of benzene rings is 1. The predicted molar refractivity (Wildman–Crippen MR) is 81.6 cm³/mol. The van der Waals surface area contributed by atoms with Gasteiger partial charge in [0.05, 0.1) is 5.56 Å². The molecule has 0 aromatic heterocycles. The highest BCUT2D eigenvalue weighted by atomic mass is 35.5. The zero-order chi connectivity index (χ0) is 17.4. The van der Waals surface area contributed by atoms with E-state index in [4.69, 9.17) is 16.3 Å². The Balaban J connectivity index is 2.13. The molecule has 1 fully saturated rings. The van der Waals surface area contributed by atoms with Gasteiger partial charge in [0.25, 0.3) is 0 Å². The molecule has 1 unspecified atom stereocenters. The van der Waals surface area contributed by atoms with Gasteiger partial charge in [-0.1, -0.05) is 11.6 Å². The van der Waals surface area contributed by atoms with E-state index in [2.05, 4.69) is 0 Å². The number of rotatable bonds is 1. The number of carbonyl (C=O) groups excluding carboxylic acids is 1. The maximum atomic E-state index is 12.9. The topological polar surface area (TPSA) is 29.5 Å². The third-order valence-corrected chi connectivity index (χ3v) is 3.78. The summed E-state index contributed by atoms with van der Waals surface area (Å²) in [6, 6.07) is 3.54. The second-order valence-corrected chi connectivity index (χ2v) is 7.12. The highest BCUT2D eigenvalue weighted by Crippen LogP contribution is 2.36. The Hall–Kier alpha value is -1.43. The molecule has 1 amide bonds. The number of hydrogen-bond donors (Lipinski definition) is 0. The fourth-order valence-electron chi connectivity index (χ4n) is 2.54. The van der Waals surface area contributed by atoms with Crippen LogP contribution in [0.4, 0.5) is 18.0 Å². The van der Waals surface area contributed by atoms with Crippen LogP contribution in [-0.4, -0.2) is 29.7 Å². The minimum absolute atomic E-state index is 0.0468. The molecule has 0 radical (unpaired) electrons. The lowest BCUT2D eigenvalue weighted by molar-refractivity contribution is -0.137. The Morgan fingerprint density at radius 2 is 1.91 bits per heavy atom. The smallest absolute Gasteiger partial charge is 0.416 e. The van der Waals surface area contributed by atoms with Crippen LogP contribution in [0.1, 0.15) is 44.2 Å². The molecule has 1 aromatic rings. The summed E-state index contributed by atoms with van der Waals surface area (Å²) >= 11 is 5.82. The van der Waals surface area contributed by atoms with E-state index in [9.17, 15) is 18.0 Å². The SMILES string of the molecule is CC(C)(C)OC(=O)N1CCC(c2cc(Cl)cc(C(F)(F)F)c2)C1. The van der Waals surface area contributed by atoms with Crippen LogP contribution in [0.25, 0.3) is 0 Å². The van der Waals surface area contributed by atoms with Gasteiger partial charge >= 0.3 is 12.3 Å². The van der Waals surface area contributed by atoms with Crippen LogP contribution < -0.4 is 0 Å². The molecule has 128 valence electrons. The first-order chi connectivity index (χ1) is 10.5. The van der Waals surface area contributed by atoms with Crippen molar-refractivity contribution < 1.29 is 22.7 Å². The summed E-state index contributed by atoms with van der Waals surface area (Å²) in [6.07, 6.45) is -4.31. The Morgan fingerprint density at radius 1 is 1.26 bits per heavy atom. The molecule has 1 saturated heterocycles. The second kappa shape index (κ2) is 6.23. The van der Waals surface area contributed by atoms with E-state index in [0.717, 1.165) is 12.1 Å². The first-order valence-corrected chi connectivity index (χ1v) is 7.69. The fraction of sp³-hybridized carbons (Fsp3) is 0.562. The molecular weight excluding hydrogens is 331 g/mol. The molecule has 23 heavy (non-hydrogen) atoms. The molecule has 7 heteroatoms. The summed E-state index contributed by atoms with van der Waals surface area (Å²) in [5.41, 5.74) is -0.874. The Labute approximate surface area is 138 Å². The quantitative estimate of drug-likeness (QED) is 0.707. The van der Waals surface area contributed by atoms with Crippen molar-refractivity contribution >= 4 is 17.7 Å². The molecule has 1 atom stereocenters. The average molecular weight is 350 g/mol. The van der Waals surface area contributed by atoms with E-state index in [1.165, 1.54) is 11.0 Å². The number of halogens is 4. The van der Waals surface area contributed by atoms with Crippen molar-refractivity contribution in [3.05, 3.63) is 34.3 Å². The molecule has 2 rings (SSSR count). The van der Waals surface area contributed by atoms with E-state index in [1.807, 2.05) is 0 Å². The number of likely N-dealkylation sites (tertiary alicyclic amines) is 1. The van der Waals surface area contributed by atoms with Crippen molar-refractivity contribution in [3.63, 3.8) is 0 Å². The normalized spacial score (nSPS) is 19.1. The van der Waals surface area contributed by atoms with Gasteiger partial charge in [-0.25, -0.2) is 4.79 Å². The van der Waals surface area contributed by atoms with Gasteiger partial charge in [-0.3, -0.25) is 0 Å². The number of amides is 1. The molecule has 1 aromatic carbocycles. The third-order valence-electron chi connectivity index (χ3n) is 3.56. The monoisotopic (exact) mass is 349 g/mol. The highest BCUT2D eigenvalue weighted by molar-refractivity contribution is 6.30. The van der Waals surface area contributed by atoms with Gasteiger partial charge in [0, 0.05) is 24.0 Å². The van der Waals surface area contributed by atoms with Crippen molar-refractivity contribution in [1.82, 2.24) is 4.90 Å². The molecule has 0 saturated carbocycles. The van der Waals surface area contributed by atoms with Gasteiger partial charge in [-0.2, -0.15) is 13.2 Å². The van der Waals surface area contributed by atoms with Crippen molar-refractivity contribution in [2.75, 3.05) is 13.1 Å². The van der Waals surface area contributed by atoms with E-state index < -0.39 is 23.4 Å². The van der Waals surface area contributed by atoms with Gasteiger partial charge < -0.3 is 9.64 Å². The van der Waals surface area contributed by atoms with Gasteiger partial charge in [-0.15, -0.1) is 0 Å². The maximum Gasteiger partial charge on any atom is 0.416 e. The second-order valence-electron chi connectivity index (χ2n) is 6.68. The van der Waals surface area contributed by atoms with Crippen molar-refractivity contribution in [1.29, 1.82) is 0 Å². The lowest BCUT2D eigenvalue weighted by atomic mass is 9.96. The van der Waals surface area contributed by atoms with Crippen LogP contribution in [0.2, 0.25) is 5.02 Å². The van der Waals surface area contributed by atoms with Crippen molar-refractivity contribution in [2.24, 2.45) is 0 Å². The number of nitrogens with zero attached hydrogens (tertiary/aromatic N) is 1. The van der Waals surface area contributed by atoms with Crippen molar-refractivity contribution in [3.8, 4) is 0 Å². The van der Waals surface area contributed by atoms with Crippen molar-refractivity contribution in [2.45, 2.75) is 44.9 Å². The van der Waals surface area contributed by atoms with Gasteiger partial charge in [-0.05, 0) is 51.0 Å². The summed E-state index contributed by atoms with van der Waals surface area (Å²) in [5, 5.41) is 0.0468. The standard InChI is InChI=1S/C16H19ClF3NO2/c1-15(2,3)23-14(22)21-5-4-10(9-21)11-6-12(16(18,19)20)8-13(17)7-11/h6-8,10H,4-5,9H2,1-3H3. The highest BCUT2D eigenvalue weighted by Gasteiger charge is 2.34. The molecule has 0 spiro atoms. The fourth-order valence-corrected chi connectivity index (χ4v) is 2.78. The number of alkyl halides is 3. The Bertz CT molecular complexity index is 596. The molecule has 3 nitrogen and oxygen atoms in total. The van der Waals surface area contributed by atoms with E-state index in [0.29, 0.717) is 25.1 Å². The summed E-state index contributed by atoms with van der Waals surface area (Å²) < 4.78 is 43.9. The average Bonchev–Trinajstić information content (AvgIpc) is 2.84. The summed E-state index contributed by atoms with van der Waals surface area (Å²) in [6.45, 7) is 6.08. The number of carbonyl (C=O) groups is 1. The minimum Gasteiger partial charge on any atom is -0.444 e. The number of ether oxygens (including phenoxy) is 1. The summed E-state index contributed by atoms with van der Waals surface area (Å²) in [7, 11) is 0. The first kappa shape index (κ1) is 17.9. The molecule has 0 N–H and O–H groups in total. The first-order valence-electron chi connectivity index (χ1n) is 7.31. The van der Waals surface area contributed by atoms with Gasteiger partial charge in [0.2, 0.25) is 0 Å². The van der Waals surface area contributed by atoms with E-state index >= 15 is 0 Å². The zero-order valence-electron chi connectivity index (χ0n) is 13.2. The van der Waals surface area contributed by atoms with Crippen LogP contribution in [-0.2, 0) is 10.9 Å². The summed E-state index contributed by atoms with van der Waals surface area (Å²) in [5.74, 6) is -0.178.